The summed E-state index contributed by atoms with van der Waals surface area (Å²) in [6.07, 6.45) is -2.16. The number of carboxylic acids is 1. The number of nitrogens with zero attached hydrogens (tertiary/aromatic N) is 1. The Labute approximate surface area is 122 Å². The molecule has 0 bridgehead atoms. The molecule has 0 radical (unpaired) electrons. The summed E-state index contributed by atoms with van der Waals surface area (Å²) >= 11 is 0. The van der Waals surface area contributed by atoms with Crippen LogP contribution in [0.1, 0.15) is 18.9 Å². The van der Waals surface area contributed by atoms with E-state index in [0.717, 1.165) is 0 Å². The Hall–Kier alpha value is -1.92. The van der Waals surface area contributed by atoms with Crippen LogP contribution in [0.3, 0.4) is 0 Å². The molecule has 1 aliphatic rings. The van der Waals surface area contributed by atoms with Crippen LogP contribution >= 0.6 is 0 Å². The van der Waals surface area contributed by atoms with Crippen molar-refractivity contribution >= 4 is 11.9 Å². The van der Waals surface area contributed by atoms with E-state index in [-0.39, 0.29) is 25.4 Å². The predicted molar refractivity (Wildman–Crippen MR) is 74.6 cm³/mol. The van der Waals surface area contributed by atoms with Crippen LogP contribution in [0.25, 0.3) is 0 Å². The van der Waals surface area contributed by atoms with E-state index >= 15 is 0 Å². The Bertz CT molecular complexity index is 522. The van der Waals surface area contributed by atoms with Crippen LogP contribution in [0.15, 0.2) is 30.3 Å². The lowest BCUT2D eigenvalue weighted by Crippen LogP contribution is -2.40. The SMILES string of the molecule is CC(CC(=O)N1C[C@@H](O)[C@@H](O)C1)(C(=O)O)c1ccccc1. The van der Waals surface area contributed by atoms with Gasteiger partial charge in [-0.1, -0.05) is 30.3 Å². The quantitative estimate of drug-likeness (QED) is 0.725. The molecule has 0 spiro atoms. The maximum Gasteiger partial charge on any atom is 0.314 e. The summed E-state index contributed by atoms with van der Waals surface area (Å²) in [4.78, 5) is 25.2. The second kappa shape index (κ2) is 5.83. The third-order valence-corrected chi connectivity index (χ3v) is 4.00. The topological polar surface area (TPSA) is 98.1 Å². The molecule has 0 aliphatic carbocycles. The first-order chi connectivity index (χ1) is 9.84. The Kier molecular flexibility index (Phi) is 4.29. The first-order valence-electron chi connectivity index (χ1n) is 6.77. The van der Waals surface area contributed by atoms with Gasteiger partial charge in [-0.05, 0) is 12.5 Å². The lowest BCUT2D eigenvalue weighted by atomic mass is 9.79. The smallest absolute Gasteiger partial charge is 0.314 e. The van der Waals surface area contributed by atoms with E-state index in [1.807, 2.05) is 0 Å². The van der Waals surface area contributed by atoms with Crippen molar-refractivity contribution in [2.75, 3.05) is 13.1 Å². The van der Waals surface area contributed by atoms with Crippen molar-refractivity contribution in [2.45, 2.75) is 31.0 Å². The zero-order valence-electron chi connectivity index (χ0n) is 11.8. The summed E-state index contributed by atoms with van der Waals surface area (Å²) in [5, 5.41) is 28.5. The highest BCUT2D eigenvalue weighted by atomic mass is 16.4. The first kappa shape index (κ1) is 15.5. The lowest BCUT2D eigenvalue weighted by Gasteiger charge is -2.27. The molecule has 1 unspecified atom stereocenters. The minimum Gasteiger partial charge on any atom is -0.481 e. The minimum absolute atomic E-state index is 0.0322. The maximum absolute atomic E-state index is 12.3. The molecule has 1 saturated heterocycles. The van der Waals surface area contributed by atoms with Crippen molar-refractivity contribution in [2.24, 2.45) is 0 Å². The van der Waals surface area contributed by atoms with E-state index in [2.05, 4.69) is 0 Å². The molecule has 1 heterocycles. The molecule has 21 heavy (non-hydrogen) atoms. The fraction of sp³-hybridized carbons (Fsp3) is 0.467. The Morgan fingerprint density at radius 2 is 1.71 bits per heavy atom. The second-order valence-corrected chi connectivity index (χ2v) is 5.61. The Morgan fingerprint density at radius 1 is 1.19 bits per heavy atom. The summed E-state index contributed by atoms with van der Waals surface area (Å²) in [6.45, 7) is 1.57. The summed E-state index contributed by atoms with van der Waals surface area (Å²) in [5.41, 5.74) is -0.789. The van der Waals surface area contributed by atoms with Gasteiger partial charge in [-0.3, -0.25) is 9.59 Å². The van der Waals surface area contributed by atoms with E-state index in [0.29, 0.717) is 5.56 Å². The van der Waals surface area contributed by atoms with Gasteiger partial charge in [0, 0.05) is 19.5 Å². The molecule has 0 aromatic heterocycles. The second-order valence-electron chi connectivity index (χ2n) is 5.61. The van der Waals surface area contributed by atoms with Gasteiger partial charge in [0.2, 0.25) is 5.91 Å². The number of amides is 1. The number of carboxylic acid groups (broad SMARTS) is 1. The Balaban J connectivity index is 2.18. The number of benzene rings is 1. The zero-order valence-corrected chi connectivity index (χ0v) is 11.8. The van der Waals surface area contributed by atoms with Crippen LogP contribution in [0.2, 0.25) is 0 Å². The van der Waals surface area contributed by atoms with Gasteiger partial charge in [0.25, 0.3) is 0 Å². The number of rotatable bonds is 4. The van der Waals surface area contributed by atoms with Crippen molar-refractivity contribution in [3.8, 4) is 0 Å². The molecule has 1 aromatic carbocycles. The lowest BCUT2D eigenvalue weighted by molar-refractivity contribution is -0.147. The van der Waals surface area contributed by atoms with Crippen LogP contribution in [0, 0.1) is 0 Å². The highest BCUT2D eigenvalue weighted by Crippen LogP contribution is 2.29. The van der Waals surface area contributed by atoms with Gasteiger partial charge in [-0.25, -0.2) is 0 Å². The summed E-state index contributed by atoms with van der Waals surface area (Å²) in [6, 6.07) is 8.58. The standard InChI is InChI=1S/C15H19NO5/c1-15(14(20)21,10-5-3-2-4-6-10)7-13(19)16-8-11(17)12(18)9-16/h2-6,11-12,17-18H,7-9H2,1H3,(H,20,21)/t11-,12+,15?. The van der Waals surface area contributed by atoms with Crippen molar-refractivity contribution in [1.82, 2.24) is 4.90 Å². The van der Waals surface area contributed by atoms with E-state index in [9.17, 15) is 24.9 Å². The van der Waals surface area contributed by atoms with Gasteiger partial charge in [0.1, 0.15) is 0 Å². The van der Waals surface area contributed by atoms with Gasteiger partial charge in [-0.15, -0.1) is 0 Å². The number of aliphatic hydroxyl groups is 2. The molecule has 1 aliphatic heterocycles. The van der Waals surface area contributed by atoms with Crippen molar-refractivity contribution < 1.29 is 24.9 Å². The molecule has 0 saturated carbocycles. The van der Waals surface area contributed by atoms with Gasteiger partial charge < -0.3 is 20.2 Å². The molecule has 114 valence electrons. The van der Waals surface area contributed by atoms with E-state index in [4.69, 9.17) is 0 Å². The third kappa shape index (κ3) is 3.06. The molecular weight excluding hydrogens is 274 g/mol. The Morgan fingerprint density at radius 3 is 2.19 bits per heavy atom. The summed E-state index contributed by atoms with van der Waals surface area (Å²) in [7, 11) is 0. The minimum atomic E-state index is -1.34. The highest BCUT2D eigenvalue weighted by Gasteiger charge is 2.41. The molecule has 1 fully saturated rings. The van der Waals surface area contributed by atoms with E-state index < -0.39 is 23.6 Å². The van der Waals surface area contributed by atoms with Crippen LogP contribution in [-0.2, 0) is 15.0 Å². The summed E-state index contributed by atoms with van der Waals surface area (Å²) in [5.74, 6) is -1.47. The van der Waals surface area contributed by atoms with Crippen LogP contribution in [0.4, 0.5) is 0 Å². The zero-order chi connectivity index (χ0) is 15.6. The third-order valence-electron chi connectivity index (χ3n) is 4.00. The number of carbonyl (C=O) groups excluding carboxylic acids is 1. The molecular formula is C15H19NO5. The fourth-order valence-corrected chi connectivity index (χ4v) is 2.49. The average molecular weight is 293 g/mol. The molecule has 3 N–H and O–H groups in total. The van der Waals surface area contributed by atoms with Gasteiger partial charge in [0.15, 0.2) is 0 Å². The molecule has 6 nitrogen and oxygen atoms in total. The number of likely N-dealkylation sites (tertiary alicyclic amines) is 1. The monoisotopic (exact) mass is 293 g/mol. The highest BCUT2D eigenvalue weighted by molar-refractivity contribution is 5.89. The van der Waals surface area contributed by atoms with Crippen LogP contribution < -0.4 is 0 Å². The molecule has 6 heteroatoms. The fourth-order valence-electron chi connectivity index (χ4n) is 2.49. The maximum atomic E-state index is 12.3. The average Bonchev–Trinajstić information content (AvgIpc) is 2.79. The number of β-amino-alcohol motifs (C(OH)–C–C–N with tert-alkyl or cyclic N) is 2. The van der Waals surface area contributed by atoms with Crippen molar-refractivity contribution in [3.63, 3.8) is 0 Å². The van der Waals surface area contributed by atoms with Crippen molar-refractivity contribution in [1.29, 1.82) is 0 Å². The van der Waals surface area contributed by atoms with Crippen LogP contribution in [-0.4, -0.2) is 57.4 Å². The molecule has 3 atom stereocenters. The number of carbonyl (C=O) groups is 2. The number of hydrogen-bond donors (Lipinski definition) is 3. The van der Waals surface area contributed by atoms with Crippen LogP contribution in [0.5, 0.6) is 0 Å². The number of aliphatic hydroxyl groups excluding tert-OH is 2. The van der Waals surface area contributed by atoms with Gasteiger partial charge in [0.05, 0.1) is 17.6 Å². The summed E-state index contributed by atoms with van der Waals surface area (Å²) < 4.78 is 0. The molecule has 1 amide bonds. The van der Waals surface area contributed by atoms with E-state index in [1.165, 1.54) is 11.8 Å². The van der Waals surface area contributed by atoms with Gasteiger partial charge in [-0.2, -0.15) is 0 Å². The number of hydrogen-bond acceptors (Lipinski definition) is 4. The molecule has 1 aromatic rings. The van der Waals surface area contributed by atoms with E-state index in [1.54, 1.807) is 30.3 Å². The van der Waals surface area contributed by atoms with Crippen molar-refractivity contribution in [3.05, 3.63) is 35.9 Å². The number of aliphatic carboxylic acids is 1. The first-order valence-corrected chi connectivity index (χ1v) is 6.77. The molecule has 2 rings (SSSR count). The normalized spacial score (nSPS) is 24.6. The predicted octanol–water partition coefficient (Wildman–Crippen LogP) is -0.0170. The largest absolute Gasteiger partial charge is 0.481 e. The van der Waals surface area contributed by atoms with Gasteiger partial charge >= 0.3 is 5.97 Å².